The summed E-state index contributed by atoms with van der Waals surface area (Å²) in [4.78, 5) is 0. The van der Waals surface area contributed by atoms with Crippen molar-refractivity contribution in [2.75, 3.05) is 26.9 Å². The molecular formula is C16H27NO3. The summed E-state index contributed by atoms with van der Waals surface area (Å²) in [5.74, 6) is 1.42. The Hall–Kier alpha value is -0.160. The molecule has 0 saturated carbocycles. The molecular weight excluding hydrogens is 254 g/mol. The summed E-state index contributed by atoms with van der Waals surface area (Å²) in [6.07, 6.45) is 8.28. The van der Waals surface area contributed by atoms with Gasteiger partial charge in [-0.25, -0.2) is 0 Å². The normalized spacial score (nSPS) is 49.0. The molecule has 0 amide bonds. The Bertz CT molecular complexity index is 356. The van der Waals surface area contributed by atoms with E-state index in [4.69, 9.17) is 14.2 Å². The van der Waals surface area contributed by atoms with Crippen molar-refractivity contribution in [2.45, 2.75) is 62.4 Å². The van der Waals surface area contributed by atoms with Gasteiger partial charge in [-0.1, -0.05) is 0 Å². The van der Waals surface area contributed by atoms with Gasteiger partial charge in [0.05, 0.1) is 24.4 Å². The quantitative estimate of drug-likeness (QED) is 0.855. The fourth-order valence-electron chi connectivity index (χ4n) is 5.09. The van der Waals surface area contributed by atoms with Gasteiger partial charge in [0.1, 0.15) is 0 Å². The molecule has 0 radical (unpaired) electrons. The van der Waals surface area contributed by atoms with E-state index in [2.05, 4.69) is 12.4 Å². The van der Waals surface area contributed by atoms with E-state index in [0.717, 1.165) is 32.7 Å². The lowest BCUT2D eigenvalue weighted by Crippen LogP contribution is -2.50. The molecule has 4 heteroatoms. The van der Waals surface area contributed by atoms with Gasteiger partial charge >= 0.3 is 0 Å². The predicted octanol–water partition coefficient (Wildman–Crippen LogP) is 1.73. The number of fused-ring (bicyclic) bond motifs is 2. The van der Waals surface area contributed by atoms with Crippen LogP contribution in [0.25, 0.3) is 0 Å². The lowest BCUT2D eigenvalue weighted by Gasteiger charge is -2.43. The van der Waals surface area contributed by atoms with Crippen LogP contribution in [0.4, 0.5) is 0 Å². The second-order valence-electron chi connectivity index (χ2n) is 7.17. The van der Waals surface area contributed by atoms with Crippen LogP contribution in [0.1, 0.15) is 38.5 Å². The smallest absolute Gasteiger partial charge is 0.0939 e. The van der Waals surface area contributed by atoms with Crippen LogP contribution in [0.2, 0.25) is 0 Å². The Morgan fingerprint density at radius 3 is 2.80 bits per heavy atom. The SMILES string of the molecule is CNC(C1CCOC2(CCOC2)C1)C1CC2CCC1O2. The van der Waals surface area contributed by atoms with Crippen LogP contribution in [0.15, 0.2) is 0 Å². The summed E-state index contributed by atoms with van der Waals surface area (Å²) >= 11 is 0. The second kappa shape index (κ2) is 5.24. The van der Waals surface area contributed by atoms with Crippen molar-refractivity contribution in [1.29, 1.82) is 0 Å². The van der Waals surface area contributed by atoms with Crippen LogP contribution < -0.4 is 5.32 Å². The third-order valence-corrected chi connectivity index (χ3v) is 6.05. The fourth-order valence-corrected chi connectivity index (χ4v) is 5.09. The highest BCUT2D eigenvalue weighted by Crippen LogP contribution is 2.45. The number of ether oxygens (including phenoxy) is 3. The largest absolute Gasteiger partial charge is 0.378 e. The zero-order chi connectivity index (χ0) is 13.6. The molecule has 2 bridgehead atoms. The molecule has 4 rings (SSSR count). The first-order valence-electron chi connectivity index (χ1n) is 8.34. The van der Waals surface area contributed by atoms with Crippen LogP contribution in [0, 0.1) is 11.8 Å². The molecule has 4 fully saturated rings. The Labute approximate surface area is 121 Å². The maximum atomic E-state index is 6.09. The third kappa shape index (κ3) is 2.21. The van der Waals surface area contributed by atoms with E-state index in [1.54, 1.807) is 0 Å². The molecule has 4 nitrogen and oxygen atoms in total. The molecule has 4 aliphatic rings. The summed E-state index contributed by atoms with van der Waals surface area (Å²) in [6, 6.07) is 0.590. The molecule has 0 aromatic rings. The lowest BCUT2D eigenvalue weighted by atomic mass is 9.73. The average molecular weight is 281 g/mol. The second-order valence-corrected chi connectivity index (χ2v) is 7.17. The van der Waals surface area contributed by atoms with Crippen molar-refractivity contribution in [3.63, 3.8) is 0 Å². The van der Waals surface area contributed by atoms with E-state index in [1.807, 2.05) is 0 Å². The maximum Gasteiger partial charge on any atom is 0.0939 e. The Morgan fingerprint density at radius 2 is 2.15 bits per heavy atom. The molecule has 6 atom stereocenters. The molecule has 0 aliphatic carbocycles. The first-order valence-corrected chi connectivity index (χ1v) is 8.34. The van der Waals surface area contributed by atoms with Crippen molar-refractivity contribution in [2.24, 2.45) is 11.8 Å². The Morgan fingerprint density at radius 1 is 1.20 bits per heavy atom. The maximum absolute atomic E-state index is 6.09. The molecule has 0 aromatic carbocycles. The van der Waals surface area contributed by atoms with Gasteiger partial charge in [0.25, 0.3) is 0 Å². The number of hydrogen-bond donors (Lipinski definition) is 1. The monoisotopic (exact) mass is 281 g/mol. The molecule has 6 unspecified atom stereocenters. The van der Waals surface area contributed by atoms with Gasteiger partial charge in [-0.15, -0.1) is 0 Å². The van der Waals surface area contributed by atoms with Crippen molar-refractivity contribution in [3.05, 3.63) is 0 Å². The van der Waals surface area contributed by atoms with Gasteiger partial charge in [0.2, 0.25) is 0 Å². The lowest BCUT2D eigenvalue weighted by molar-refractivity contribution is -0.106. The Balaban J connectivity index is 1.47. The minimum atomic E-state index is 0.0243. The molecule has 1 N–H and O–H groups in total. The molecule has 1 spiro atoms. The van der Waals surface area contributed by atoms with Crippen molar-refractivity contribution in [3.8, 4) is 0 Å². The van der Waals surface area contributed by atoms with Crippen LogP contribution >= 0.6 is 0 Å². The molecule has 20 heavy (non-hydrogen) atoms. The third-order valence-electron chi connectivity index (χ3n) is 6.05. The number of nitrogens with one attached hydrogen (secondary N) is 1. The zero-order valence-corrected chi connectivity index (χ0v) is 12.5. The fraction of sp³-hybridized carbons (Fsp3) is 1.00. The van der Waals surface area contributed by atoms with Gasteiger partial charge in [-0.3, -0.25) is 0 Å². The predicted molar refractivity (Wildman–Crippen MR) is 75.7 cm³/mol. The zero-order valence-electron chi connectivity index (χ0n) is 12.5. The molecule has 4 heterocycles. The van der Waals surface area contributed by atoms with Crippen molar-refractivity contribution < 1.29 is 14.2 Å². The minimum Gasteiger partial charge on any atom is -0.378 e. The summed E-state index contributed by atoms with van der Waals surface area (Å²) in [5.41, 5.74) is 0.0243. The van der Waals surface area contributed by atoms with E-state index < -0.39 is 0 Å². The van der Waals surface area contributed by atoms with Gasteiger partial charge in [-0.2, -0.15) is 0 Å². The first kappa shape index (κ1) is 13.5. The highest BCUT2D eigenvalue weighted by Gasteiger charge is 2.49. The van der Waals surface area contributed by atoms with Crippen LogP contribution in [-0.4, -0.2) is 50.7 Å². The van der Waals surface area contributed by atoms with E-state index >= 15 is 0 Å². The van der Waals surface area contributed by atoms with Crippen molar-refractivity contribution >= 4 is 0 Å². The summed E-state index contributed by atoms with van der Waals surface area (Å²) < 4.78 is 17.8. The molecule has 4 saturated heterocycles. The first-order chi connectivity index (χ1) is 9.80. The van der Waals surface area contributed by atoms with E-state index in [0.29, 0.717) is 30.1 Å². The Kier molecular flexibility index (Phi) is 3.53. The number of hydrogen-bond acceptors (Lipinski definition) is 4. The topological polar surface area (TPSA) is 39.7 Å². The van der Waals surface area contributed by atoms with Crippen molar-refractivity contribution in [1.82, 2.24) is 5.32 Å². The van der Waals surface area contributed by atoms with Gasteiger partial charge in [-0.05, 0) is 45.1 Å². The van der Waals surface area contributed by atoms with Gasteiger partial charge in [0.15, 0.2) is 0 Å². The highest BCUT2D eigenvalue weighted by molar-refractivity contribution is 5.00. The molecule has 114 valence electrons. The number of rotatable bonds is 3. The van der Waals surface area contributed by atoms with Gasteiger partial charge in [0, 0.05) is 31.6 Å². The van der Waals surface area contributed by atoms with Crippen LogP contribution in [0.3, 0.4) is 0 Å². The highest BCUT2D eigenvalue weighted by atomic mass is 16.6. The van der Waals surface area contributed by atoms with Gasteiger partial charge < -0.3 is 19.5 Å². The summed E-state index contributed by atoms with van der Waals surface area (Å²) in [5, 5.41) is 3.63. The standard InChI is InChI=1S/C16H27NO3/c1-17-15(13-8-12-2-3-14(13)20-12)11-4-6-19-16(9-11)5-7-18-10-16/h11-15,17H,2-10H2,1H3. The molecule has 0 aromatic heterocycles. The van der Waals surface area contributed by atoms with E-state index in [9.17, 15) is 0 Å². The van der Waals surface area contributed by atoms with Crippen LogP contribution in [0.5, 0.6) is 0 Å². The minimum absolute atomic E-state index is 0.0243. The van der Waals surface area contributed by atoms with E-state index in [1.165, 1.54) is 25.7 Å². The summed E-state index contributed by atoms with van der Waals surface area (Å²) in [7, 11) is 2.13. The molecule has 4 aliphatic heterocycles. The summed E-state index contributed by atoms with van der Waals surface area (Å²) in [6.45, 7) is 2.56. The van der Waals surface area contributed by atoms with E-state index in [-0.39, 0.29) is 5.60 Å². The average Bonchev–Trinajstić information content (AvgIpc) is 3.17. The van der Waals surface area contributed by atoms with Crippen LogP contribution in [-0.2, 0) is 14.2 Å².